The van der Waals surface area contributed by atoms with E-state index in [0.29, 0.717) is 17.1 Å². The fraction of sp³-hybridized carbons (Fsp3) is 0.200. The number of hydrogen-bond acceptors (Lipinski definition) is 8. The molecule has 1 aromatic heterocycles. The SMILES string of the molecule is CS(=O)(=O)Nc1ccsc1C(=O)OCC(=O)c1ccc2c(c1)OCO2. The standard InChI is InChI=1S/C15H13NO7S2/c1-25(19,20)16-10-4-5-24-14(10)15(18)21-7-11(17)9-2-3-12-13(6-9)23-8-22-12/h2-6,16H,7-8H2,1H3. The molecule has 0 radical (unpaired) electrons. The van der Waals surface area contributed by atoms with Crippen molar-refractivity contribution in [1.29, 1.82) is 0 Å². The van der Waals surface area contributed by atoms with Crippen LogP contribution in [-0.4, -0.2) is 39.8 Å². The van der Waals surface area contributed by atoms with E-state index in [4.69, 9.17) is 14.2 Å². The lowest BCUT2D eigenvalue weighted by Gasteiger charge is -2.07. The van der Waals surface area contributed by atoms with Crippen LogP contribution in [0, 0.1) is 0 Å². The van der Waals surface area contributed by atoms with Crippen LogP contribution in [0.5, 0.6) is 11.5 Å². The van der Waals surface area contributed by atoms with Crippen molar-refractivity contribution in [2.75, 3.05) is 24.4 Å². The fourth-order valence-corrected chi connectivity index (χ4v) is 3.47. The Morgan fingerprint density at radius 3 is 2.76 bits per heavy atom. The van der Waals surface area contributed by atoms with Crippen LogP contribution in [0.1, 0.15) is 20.0 Å². The predicted octanol–water partition coefficient (Wildman–Crippen LogP) is 1.89. The Bertz CT molecular complexity index is 933. The van der Waals surface area contributed by atoms with Crippen molar-refractivity contribution in [3.8, 4) is 11.5 Å². The molecule has 0 saturated heterocycles. The minimum Gasteiger partial charge on any atom is -0.454 e. The predicted molar refractivity (Wildman–Crippen MR) is 90.0 cm³/mol. The molecule has 2 aromatic rings. The lowest BCUT2D eigenvalue weighted by atomic mass is 10.1. The molecule has 132 valence electrons. The van der Waals surface area contributed by atoms with Gasteiger partial charge in [0.05, 0.1) is 11.9 Å². The number of rotatable bonds is 6. The Kier molecular flexibility index (Phi) is 4.64. The van der Waals surface area contributed by atoms with Gasteiger partial charge in [-0.05, 0) is 29.6 Å². The third-order valence-corrected chi connectivity index (χ3v) is 4.66. The van der Waals surface area contributed by atoms with Gasteiger partial charge in [-0.2, -0.15) is 0 Å². The van der Waals surface area contributed by atoms with Crippen molar-refractivity contribution < 1.29 is 32.2 Å². The smallest absolute Gasteiger partial charge is 0.350 e. The van der Waals surface area contributed by atoms with Gasteiger partial charge in [0.25, 0.3) is 0 Å². The van der Waals surface area contributed by atoms with E-state index in [2.05, 4.69) is 4.72 Å². The zero-order valence-corrected chi connectivity index (χ0v) is 14.6. The van der Waals surface area contributed by atoms with Gasteiger partial charge in [-0.1, -0.05) is 0 Å². The third kappa shape index (κ3) is 4.09. The maximum Gasteiger partial charge on any atom is 0.350 e. The molecule has 1 N–H and O–H groups in total. The molecule has 0 fully saturated rings. The van der Waals surface area contributed by atoms with E-state index in [9.17, 15) is 18.0 Å². The fourth-order valence-electron chi connectivity index (χ4n) is 2.10. The number of anilines is 1. The maximum atomic E-state index is 12.2. The first-order chi connectivity index (χ1) is 11.8. The second kappa shape index (κ2) is 6.73. The number of nitrogens with one attached hydrogen (secondary N) is 1. The van der Waals surface area contributed by atoms with Crippen LogP contribution in [0.4, 0.5) is 5.69 Å². The van der Waals surface area contributed by atoms with Gasteiger partial charge < -0.3 is 14.2 Å². The van der Waals surface area contributed by atoms with E-state index in [1.54, 1.807) is 17.5 Å². The van der Waals surface area contributed by atoms with E-state index < -0.39 is 28.4 Å². The summed E-state index contributed by atoms with van der Waals surface area (Å²) in [5, 5.41) is 1.55. The van der Waals surface area contributed by atoms with Gasteiger partial charge in [0, 0.05) is 5.56 Å². The number of fused-ring (bicyclic) bond motifs is 1. The number of carbonyl (C=O) groups is 2. The number of esters is 1. The highest BCUT2D eigenvalue weighted by atomic mass is 32.2. The van der Waals surface area contributed by atoms with Gasteiger partial charge in [0.2, 0.25) is 16.8 Å². The summed E-state index contributed by atoms with van der Waals surface area (Å²) in [6.45, 7) is -0.384. The first-order valence-electron chi connectivity index (χ1n) is 6.99. The molecule has 0 aliphatic carbocycles. The highest BCUT2D eigenvalue weighted by Gasteiger charge is 2.20. The lowest BCUT2D eigenvalue weighted by molar-refractivity contribution is 0.0480. The average Bonchev–Trinajstić information content (AvgIpc) is 3.18. The van der Waals surface area contributed by atoms with Crippen LogP contribution in [0.15, 0.2) is 29.6 Å². The zero-order chi connectivity index (χ0) is 18.0. The average molecular weight is 383 g/mol. The van der Waals surface area contributed by atoms with Crippen LogP contribution >= 0.6 is 11.3 Å². The number of ether oxygens (including phenoxy) is 3. The number of carbonyl (C=O) groups excluding carboxylic acids is 2. The van der Waals surface area contributed by atoms with Crippen molar-refractivity contribution in [2.45, 2.75) is 0 Å². The molecule has 1 aliphatic rings. The lowest BCUT2D eigenvalue weighted by Crippen LogP contribution is -2.16. The first kappa shape index (κ1) is 17.2. The summed E-state index contributed by atoms with van der Waals surface area (Å²) in [6.07, 6.45) is 0.975. The molecule has 0 saturated carbocycles. The van der Waals surface area contributed by atoms with Gasteiger partial charge in [-0.25, -0.2) is 13.2 Å². The van der Waals surface area contributed by atoms with Gasteiger partial charge >= 0.3 is 5.97 Å². The molecule has 3 rings (SSSR count). The normalized spacial score (nSPS) is 12.7. The Balaban J connectivity index is 1.65. The van der Waals surface area contributed by atoms with Gasteiger partial charge in [-0.3, -0.25) is 9.52 Å². The molecule has 25 heavy (non-hydrogen) atoms. The van der Waals surface area contributed by atoms with E-state index >= 15 is 0 Å². The molecule has 0 unspecified atom stereocenters. The number of thiophene rings is 1. The second-order valence-electron chi connectivity index (χ2n) is 5.10. The van der Waals surface area contributed by atoms with Crippen LogP contribution in [0.2, 0.25) is 0 Å². The summed E-state index contributed by atoms with van der Waals surface area (Å²) in [5.41, 5.74) is 0.436. The Labute approximate surface area is 147 Å². The zero-order valence-electron chi connectivity index (χ0n) is 13.0. The summed E-state index contributed by atoms with van der Waals surface area (Å²) in [6, 6.07) is 6.11. The monoisotopic (exact) mass is 383 g/mol. The maximum absolute atomic E-state index is 12.2. The van der Waals surface area contributed by atoms with Crippen molar-refractivity contribution in [3.05, 3.63) is 40.1 Å². The number of hydrogen-bond donors (Lipinski definition) is 1. The van der Waals surface area contributed by atoms with Crippen LogP contribution < -0.4 is 14.2 Å². The second-order valence-corrected chi connectivity index (χ2v) is 7.77. The Morgan fingerprint density at radius 2 is 2.00 bits per heavy atom. The van der Waals surface area contributed by atoms with Crippen LogP contribution in [0.3, 0.4) is 0 Å². The Hall–Kier alpha value is -2.59. The van der Waals surface area contributed by atoms with Crippen molar-refractivity contribution in [2.24, 2.45) is 0 Å². The molecular formula is C15H13NO7S2. The molecular weight excluding hydrogens is 370 g/mol. The van der Waals surface area contributed by atoms with Crippen molar-refractivity contribution in [3.63, 3.8) is 0 Å². The number of ketones is 1. The van der Waals surface area contributed by atoms with Crippen LogP contribution in [-0.2, 0) is 14.8 Å². The van der Waals surface area contributed by atoms with E-state index in [1.165, 1.54) is 12.1 Å². The number of sulfonamides is 1. The van der Waals surface area contributed by atoms with E-state index in [1.807, 2.05) is 0 Å². The first-order valence-corrected chi connectivity index (χ1v) is 9.76. The highest BCUT2D eigenvalue weighted by molar-refractivity contribution is 7.92. The quantitative estimate of drug-likeness (QED) is 0.599. The molecule has 0 spiro atoms. The van der Waals surface area contributed by atoms with Gasteiger partial charge in [0.1, 0.15) is 4.88 Å². The molecule has 2 heterocycles. The number of benzene rings is 1. The molecule has 0 bridgehead atoms. The van der Waals surface area contributed by atoms with Gasteiger partial charge in [0.15, 0.2) is 23.9 Å². The molecule has 1 aliphatic heterocycles. The minimum absolute atomic E-state index is 0.0731. The minimum atomic E-state index is -3.53. The molecule has 8 nitrogen and oxygen atoms in total. The van der Waals surface area contributed by atoms with Gasteiger partial charge in [-0.15, -0.1) is 11.3 Å². The summed E-state index contributed by atoms with van der Waals surface area (Å²) in [7, 11) is -3.53. The topological polar surface area (TPSA) is 108 Å². The largest absolute Gasteiger partial charge is 0.454 e. The molecule has 10 heteroatoms. The summed E-state index contributed by atoms with van der Waals surface area (Å²) in [5.74, 6) is -0.199. The highest BCUT2D eigenvalue weighted by Crippen LogP contribution is 2.32. The summed E-state index contributed by atoms with van der Waals surface area (Å²) < 4.78 is 40.1. The van der Waals surface area contributed by atoms with E-state index in [0.717, 1.165) is 17.6 Å². The van der Waals surface area contributed by atoms with Crippen molar-refractivity contribution in [1.82, 2.24) is 0 Å². The van der Waals surface area contributed by atoms with Crippen molar-refractivity contribution >= 4 is 38.8 Å². The van der Waals surface area contributed by atoms with E-state index in [-0.39, 0.29) is 17.4 Å². The Morgan fingerprint density at radius 1 is 1.24 bits per heavy atom. The summed E-state index contributed by atoms with van der Waals surface area (Å²) in [4.78, 5) is 24.3. The third-order valence-electron chi connectivity index (χ3n) is 3.17. The molecule has 1 aromatic carbocycles. The molecule has 0 atom stereocenters. The summed E-state index contributed by atoms with van der Waals surface area (Å²) >= 11 is 1.01. The number of Topliss-reactive ketones (excluding diaryl/α,β-unsaturated/α-hetero) is 1. The molecule has 0 amide bonds. The van der Waals surface area contributed by atoms with Crippen LogP contribution in [0.25, 0.3) is 0 Å².